The maximum absolute atomic E-state index is 5.26. The van der Waals surface area contributed by atoms with Crippen molar-refractivity contribution in [2.45, 2.75) is 0 Å². The van der Waals surface area contributed by atoms with Crippen molar-refractivity contribution in [1.29, 1.82) is 0 Å². The third kappa shape index (κ3) is 2.89. The average molecular weight is 635 g/mol. The summed E-state index contributed by atoms with van der Waals surface area (Å²) in [6.45, 7) is 0. The molecule has 0 unspecified atom stereocenters. The predicted octanol–water partition coefficient (Wildman–Crippen LogP) is 4.20. The first-order valence-corrected chi connectivity index (χ1v) is 15.9. The van der Waals surface area contributed by atoms with Crippen molar-refractivity contribution in [2.75, 3.05) is 0 Å². The van der Waals surface area contributed by atoms with Crippen molar-refractivity contribution in [1.82, 2.24) is 5.45 Å². The van der Waals surface area contributed by atoms with E-state index in [1.165, 1.54) is 0 Å². The van der Waals surface area contributed by atoms with Crippen LogP contribution < -0.4 is 11.0 Å². The molecule has 4 aliphatic heterocycles. The second kappa shape index (κ2) is 7.83. The van der Waals surface area contributed by atoms with Gasteiger partial charge in [0.25, 0.3) is 0 Å². The number of nitrogens with zero attached hydrogens (tertiary/aromatic N) is 8. The van der Waals surface area contributed by atoms with Gasteiger partial charge in [0.1, 0.15) is 0 Å². The van der Waals surface area contributed by atoms with Gasteiger partial charge in [-0.3, -0.25) is 0 Å². The van der Waals surface area contributed by atoms with Gasteiger partial charge in [0.05, 0.1) is 0 Å². The minimum atomic E-state index is -1.74. The Morgan fingerprint density at radius 2 is 0.732 bits per heavy atom. The topological polar surface area (TPSA) is 84.0 Å². The molecular formula is C32H17N8Sb. The summed E-state index contributed by atoms with van der Waals surface area (Å²) in [6, 6.07) is 33.2. The van der Waals surface area contributed by atoms with Crippen LogP contribution in [0.3, 0.4) is 0 Å². The second-order valence-corrected chi connectivity index (χ2v) is 13.3. The molecule has 0 atom stereocenters. The van der Waals surface area contributed by atoms with Gasteiger partial charge in [-0.2, -0.15) is 0 Å². The van der Waals surface area contributed by atoms with Crippen LogP contribution in [0.1, 0.15) is 22.3 Å². The van der Waals surface area contributed by atoms with Crippen LogP contribution in [0.5, 0.6) is 0 Å². The van der Waals surface area contributed by atoms with Crippen molar-refractivity contribution in [2.24, 2.45) is 30.0 Å². The first kappa shape index (κ1) is 21.8. The number of fused-ring (bicyclic) bond motifs is 14. The Labute approximate surface area is 243 Å². The Hall–Kier alpha value is -4.94. The molecule has 2 aromatic heterocycles. The average Bonchev–Trinajstić information content (AvgIpc) is 3.72. The molecule has 0 amide bonds. The number of rotatable bonds is 0. The third-order valence-electron chi connectivity index (χ3n) is 7.95. The third-order valence-corrected chi connectivity index (χ3v) is 11.5. The van der Waals surface area contributed by atoms with E-state index in [9.17, 15) is 0 Å². The van der Waals surface area contributed by atoms with E-state index in [0.717, 1.165) is 66.4 Å². The standard InChI is InChI=1S/C32H16N8.Sb.H/c1-2-10-18-17(9-1)25-33-26(18)38-28-21-13-5-6-14-22(21)30(35-28)40-32-24-16-8-7-15-23(24)31(36-32)39-29-20-12-4-3-11-19(20)27(34-29)37-25;;/h1-16H;;/q-2;+2;. The minimum absolute atomic E-state index is 0.676. The first-order valence-electron chi connectivity index (χ1n) is 13.3. The molecule has 190 valence electrons. The van der Waals surface area contributed by atoms with E-state index in [4.69, 9.17) is 30.0 Å². The van der Waals surface area contributed by atoms with Crippen LogP contribution in [0.15, 0.2) is 127 Å². The quantitative estimate of drug-likeness (QED) is 0.225. The van der Waals surface area contributed by atoms with Gasteiger partial charge in [0, 0.05) is 0 Å². The second-order valence-electron chi connectivity index (χ2n) is 10.2. The molecule has 6 bridgehead atoms. The first-order chi connectivity index (χ1) is 20.3. The normalized spacial score (nSPS) is 15.7. The number of hydrogen-bond donors (Lipinski definition) is 0. The Kier molecular flexibility index (Phi) is 4.17. The van der Waals surface area contributed by atoms with Crippen LogP contribution in [0.2, 0.25) is 0 Å². The molecule has 10 rings (SSSR count). The van der Waals surface area contributed by atoms with Gasteiger partial charge in [0.2, 0.25) is 0 Å². The molecule has 0 fully saturated rings. The summed E-state index contributed by atoms with van der Waals surface area (Å²) in [6.07, 6.45) is 0. The zero-order valence-electron chi connectivity index (χ0n) is 21.3. The molecule has 9 heteroatoms. The van der Waals surface area contributed by atoms with E-state index in [2.05, 4.69) is 78.2 Å². The molecule has 41 heavy (non-hydrogen) atoms. The maximum atomic E-state index is 5.26. The van der Waals surface area contributed by atoms with Gasteiger partial charge in [-0.25, -0.2) is 0 Å². The molecule has 0 spiro atoms. The summed E-state index contributed by atoms with van der Waals surface area (Å²) in [5.41, 5.74) is 5.68. The fourth-order valence-electron chi connectivity index (χ4n) is 6.09. The number of aromatic nitrogens is 2. The van der Waals surface area contributed by atoms with Gasteiger partial charge in [-0.05, 0) is 0 Å². The summed E-state index contributed by atoms with van der Waals surface area (Å²) in [5, 5.41) is 4.19. The zero-order chi connectivity index (χ0) is 26.7. The van der Waals surface area contributed by atoms with E-state index in [-0.39, 0.29) is 0 Å². The molecule has 0 saturated carbocycles. The number of amidine groups is 4. The van der Waals surface area contributed by atoms with Crippen molar-refractivity contribution < 1.29 is 0 Å². The molecule has 6 heterocycles. The van der Waals surface area contributed by atoms with Crippen molar-refractivity contribution in [3.63, 3.8) is 0 Å². The molecule has 6 aromatic rings. The van der Waals surface area contributed by atoms with E-state index >= 15 is 0 Å². The Morgan fingerprint density at radius 1 is 0.366 bits per heavy atom. The van der Waals surface area contributed by atoms with E-state index < -0.39 is 22.2 Å². The van der Waals surface area contributed by atoms with Gasteiger partial charge in [-0.1, -0.05) is 0 Å². The Balaban J connectivity index is 1.48. The fourth-order valence-corrected chi connectivity index (χ4v) is 9.69. The van der Waals surface area contributed by atoms with Crippen molar-refractivity contribution >= 4 is 78.7 Å². The molecule has 0 saturated heterocycles. The molecule has 8 nitrogen and oxygen atoms in total. The van der Waals surface area contributed by atoms with Gasteiger partial charge in [-0.15, -0.1) is 0 Å². The monoisotopic (exact) mass is 634 g/mol. The summed E-state index contributed by atoms with van der Waals surface area (Å²) < 4.78 is 4.65. The van der Waals surface area contributed by atoms with E-state index in [1.807, 2.05) is 24.3 Å². The van der Waals surface area contributed by atoms with Gasteiger partial charge < -0.3 is 0 Å². The summed E-state index contributed by atoms with van der Waals surface area (Å²) in [4.78, 5) is 31.1. The molecule has 4 aliphatic rings. The Bertz CT molecular complexity index is 2290. The van der Waals surface area contributed by atoms with Crippen LogP contribution in [-0.2, 0) is 0 Å². The molecule has 4 aromatic carbocycles. The molecular weight excluding hydrogens is 618 g/mol. The number of hydrogen-bond acceptors (Lipinski definition) is 6. The van der Waals surface area contributed by atoms with E-state index in [0.29, 0.717) is 23.3 Å². The fraction of sp³-hybridized carbons (Fsp3) is 0. The van der Waals surface area contributed by atoms with Gasteiger partial charge >= 0.3 is 244 Å². The number of aliphatic imine (C=N–C) groups is 4. The molecule has 0 N–H and O–H groups in total. The van der Waals surface area contributed by atoms with Crippen LogP contribution in [0, 0.1) is 0 Å². The Morgan fingerprint density at radius 3 is 1.17 bits per heavy atom. The number of benzene rings is 4. The van der Waals surface area contributed by atoms with Crippen LogP contribution >= 0.6 is 0 Å². The predicted molar refractivity (Wildman–Crippen MR) is 162 cm³/mol. The zero-order valence-corrected chi connectivity index (χ0v) is 24.2. The van der Waals surface area contributed by atoms with Crippen LogP contribution in [0.25, 0.3) is 21.5 Å². The summed E-state index contributed by atoms with van der Waals surface area (Å²) in [5.74, 6) is 4.44. The van der Waals surface area contributed by atoms with Crippen LogP contribution in [-0.4, -0.2) is 51.0 Å². The molecule has 0 radical (unpaired) electrons. The SMILES string of the molecule is c1ccc2c(c1)C1=NC2=Nc2c3ccccc3c3[n]2[SbH][n]2c(c4ccccc4c2=NC2=NC(=N3)c3ccccc32)=N1. The van der Waals surface area contributed by atoms with Crippen molar-refractivity contribution in [3.8, 4) is 0 Å². The van der Waals surface area contributed by atoms with Crippen LogP contribution in [0.4, 0.5) is 11.6 Å². The van der Waals surface area contributed by atoms with E-state index in [1.54, 1.807) is 0 Å². The summed E-state index contributed by atoms with van der Waals surface area (Å²) in [7, 11) is 0. The van der Waals surface area contributed by atoms with Crippen molar-refractivity contribution in [3.05, 3.63) is 130 Å². The summed E-state index contributed by atoms with van der Waals surface area (Å²) >= 11 is -1.74. The van der Waals surface area contributed by atoms with Gasteiger partial charge in [0.15, 0.2) is 0 Å². The molecule has 0 aliphatic carbocycles.